The monoisotopic (exact) mass is 269 g/mol. The van der Waals surface area contributed by atoms with Crippen LogP contribution in [0.2, 0.25) is 0 Å². The third-order valence-electron chi connectivity index (χ3n) is 3.28. The lowest BCUT2D eigenvalue weighted by Crippen LogP contribution is -2.34. The van der Waals surface area contributed by atoms with E-state index in [-0.39, 0.29) is 0 Å². The second-order valence-corrected chi connectivity index (χ2v) is 5.34. The van der Waals surface area contributed by atoms with Crippen LogP contribution in [-0.2, 0) is 0 Å². The Morgan fingerprint density at radius 3 is 2.93 bits per heavy atom. The van der Waals surface area contributed by atoms with Gasteiger partial charge in [-0.25, -0.2) is 0 Å². The number of benzene rings is 1. The number of hydrogen-bond acceptors (Lipinski definition) is 2. The third kappa shape index (κ3) is 2.41. The van der Waals surface area contributed by atoms with E-state index in [1.807, 2.05) is 12.1 Å². The molecule has 1 aliphatic carbocycles. The van der Waals surface area contributed by atoms with Crippen molar-refractivity contribution in [1.82, 2.24) is 0 Å². The van der Waals surface area contributed by atoms with Gasteiger partial charge in [0.15, 0.2) is 0 Å². The van der Waals surface area contributed by atoms with Crippen LogP contribution in [0.4, 0.5) is 0 Å². The summed E-state index contributed by atoms with van der Waals surface area (Å²) in [6.07, 6.45) is 2.64. The van der Waals surface area contributed by atoms with Crippen LogP contribution in [0.3, 0.4) is 0 Å². The smallest absolute Gasteiger partial charge is 0.0775 e. The van der Waals surface area contributed by atoms with Crippen LogP contribution in [0, 0.1) is 0 Å². The highest BCUT2D eigenvalue weighted by Crippen LogP contribution is 2.40. The Morgan fingerprint density at radius 1 is 1.53 bits per heavy atom. The van der Waals surface area contributed by atoms with Gasteiger partial charge in [0.2, 0.25) is 0 Å². The van der Waals surface area contributed by atoms with E-state index < -0.39 is 5.60 Å². The largest absolute Gasteiger partial charge is 0.389 e. The predicted molar refractivity (Wildman–Crippen MR) is 64.7 cm³/mol. The van der Waals surface area contributed by atoms with Gasteiger partial charge in [0, 0.05) is 11.0 Å². The van der Waals surface area contributed by atoms with Crippen molar-refractivity contribution >= 4 is 15.9 Å². The van der Waals surface area contributed by atoms with Gasteiger partial charge in [-0.1, -0.05) is 28.1 Å². The lowest BCUT2D eigenvalue weighted by Gasteiger charge is -2.20. The van der Waals surface area contributed by atoms with E-state index in [1.165, 1.54) is 5.56 Å². The molecule has 1 aliphatic rings. The molecule has 1 fully saturated rings. The van der Waals surface area contributed by atoms with Crippen LogP contribution in [0.1, 0.15) is 30.7 Å². The van der Waals surface area contributed by atoms with Crippen LogP contribution >= 0.6 is 15.9 Å². The summed E-state index contributed by atoms with van der Waals surface area (Å²) < 4.78 is 1.10. The lowest BCUT2D eigenvalue weighted by atomic mass is 9.95. The highest BCUT2D eigenvalue weighted by molar-refractivity contribution is 9.10. The third-order valence-corrected chi connectivity index (χ3v) is 3.78. The summed E-state index contributed by atoms with van der Waals surface area (Å²) in [7, 11) is 0. The molecule has 0 aromatic heterocycles. The van der Waals surface area contributed by atoms with Crippen molar-refractivity contribution in [3.63, 3.8) is 0 Å². The Bertz CT molecular complexity index is 355. The predicted octanol–water partition coefficient (Wildman–Crippen LogP) is 2.41. The van der Waals surface area contributed by atoms with Gasteiger partial charge < -0.3 is 10.8 Å². The number of hydrogen-bond donors (Lipinski definition) is 2. The average molecular weight is 270 g/mol. The molecule has 1 saturated carbocycles. The Labute approximate surface area is 98.6 Å². The maximum Gasteiger partial charge on any atom is 0.0775 e. The molecule has 2 nitrogen and oxygen atoms in total. The molecule has 15 heavy (non-hydrogen) atoms. The highest BCUT2D eigenvalue weighted by atomic mass is 79.9. The van der Waals surface area contributed by atoms with Crippen LogP contribution < -0.4 is 5.73 Å². The van der Waals surface area contributed by atoms with Crippen LogP contribution in [0.5, 0.6) is 0 Å². The van der Waals surface area contributed by atoms with Crippen molar-refractivity contribution in [3.05, 3.63) is 34.3 Å². The minimum absolute atomic E-state index is 0.373. The van der Waals surface area contributed by atoms with Gasteiger partial charge in [0.05, 0.1) is 5.60 Å². The molecule has 1 aromatic carbocycles. The summed E-state index contributed by atoms with van der Waals surface area (Å²) in [5.74, 6) is 0.455. The number of halogens is 1. The van der Waals surface area contributed by atoms with Crippen LogP contribution in [0.15, 0.2) is 28.7 Å². The minimum Gasteiger partial charge on any atom is -0.389 e. The van der Waals surface area contributed by atoms with Gasteiger partial charge in [-0.05, 0) is 42.9 Å². The van der Waals surface area contributed by atoms with E-state index in [0.29, 0.717) is 12.5 Å². The second-order valence-electron chi connectivity index (χ2n) is 4.42. The van der Waals surface area contributed by atoms with Crippen molar-refractivity contribution < 1.29 is 5.11 Å². The molecule has 3 heteroatoms. The molecule has 2 atom stereocenters. The Hall–Kier alpha value is -0.380. The minimum atomic E-state index is -0.632. The van der Waals surface area contributed by atoms with Crippen molar-refractivity contribution in [1.29, 1.82) is 0 Å². The van der Waals surface area contributed by atoms with Gasteiger partial charge in [-0.15, -0.1) is 0 Å². The van der Waals surface area contributed by atoms with Crippen LogP contribution in [0.25, 0.3) is 0 Å². The summed E-state index contributed by atoms with van der Waals surface area (Å²) in [6.45, 7) is 0.373. The molecule has 3 N–H and O–H groups in total. The molecule has 2 unspecified atom stereocenters. The first-order chi connectivity index (χ1) is 7.13. The van der Waals surface area contributed by atoms with E-state index in [0.717, 1.165) is 23.7 Å². The first kappa shape index (κ1) is 11.1. The normalized spacial score (nSPS) is 30.7. The fourth-order valence-electron chi connectivity index (χ4n) is 2.34. The molecule has 2 rings (SSSR count). The van der Waals surface area contributed by atoms with Gasteiger partial charge in [0.25, 0.3) is 0 Å². The average Bonchev–Trinajstić information content (AvgIpc) is 2.62. The fourth-order valence-corrected chi connectivity index (χ4v) is 2.75. The quantitative estimate of drug-likeness (QED) is 0.866. The fraction of sp³-hybridized carbons (Fsp3) is 0.500. The van der Waals surface area contributed by atoms with E-state index in [4.69, 9.17) is 5.73 Å². The summed E-state index contributed by atoms with van der Waals surface area (Å²) in [6, 6.07) is 8.32. The SMILES string of the molecule is NCC1(O)CCC(c2cccc(Br)c2)C1. The van der Waals surface area contributed by atoms with Crippen molar-refractivity contribution in [3.8, 4) is 0 Å². The molecule has 1 aromatic rings. The molecular weight excluding hydrogens is 254 g/mol. The zero-order valence-electron chi connectivity index (χ0n) is 8.62. The standard InChI is InChI=1S/C12H16BrNO/c13-11-3-1-2-9(6-11)10-4-5-12(15,7-10)8-14/h1-3,6,10,15H,4-5,7-8,14H2. The molecule has 0 amide bonds. The number of nitrogens with two attached hydrogens (primary N) is 1. The summed E-state index contributed by atoms with van der Waals surface area (Å²) >= 11 is 3.47. The lowest BCUT2D eigenvalue weighted by molar-refractivity contribution is 0.0554. The number of aliphatic hydroxyl groups is 1. The Morgan fingerprint density at radius 2 is 2.33 bits per heavy atom. The molecule has 0 aliphatic heterocycles. The van der Waals surface area contributed by atoms with Gasteiger partial charge in [-0.3, -0.25) is 0 Å². The van der Waals surface area contributed by atoms with Crippen molar-refractivity contribution in [2.24, 2.45) is 5.73 Å². The summed E-state index contributed by atoms with van der Waals surface area (Å²) in [5, 5.41) is 10.1. The zero-order valence-corrected chi connectivity index (χ0v) is 10.2. The molecule has 0 spiro atoms. The van der Waals surface area contributed by atoms with Crippen molar-refractivity contribution in [2.75, 3.05) is 6.54 Å². The number of rotatable bonds is 2. The van der Waals surface area contributed by atoms with E-state index in [1.54, 1.807) is 0 Å². The molecule has 0 radical (unpaired) electrons. The van der Waals surface area contributed by atoms with E-state index >= 15 is 0 Å². The van der Waals surface area contributed by atoms with Crippen molar-refractivity contribution in [2.45, 2.75) is 30.8 Å². The van der Waals surface area contributed by atoms with E-state index in [9.17, 15) is 5.11 Å². The maximum absolute atomic E-state index is 10.1. The molecule has 0 bridgehead atoms. The molecule has 0 saturated heterocycles. The summed E-state index contributed by atoms with van der Waals surface area (Å²) in [4.78, 5) is 0. The topological polar surface area (TPSA) is 46.2 Å². The second kappa shape index (κ2) is 4.24. The Balaban J connectivity index is 2.14. The zero-order chi connectivity index (χ0) is 10.9. The first-order valence-corrected chi connectivity index (χ1v) is 6.10. The molecular formula is C12H16BrNO. The van der Waals surface area contributed by atoms with E-state index in [2.05, 4.69) is 28.1 Å². The molecule has 82 valence electrons. The highest BCUT2D eigenvalue weighted by Gasteiger charge is 2.36. The molecule has 0 heterocycles. The summed E-state index contributed by atoms with van der Waals surface area (Å²) in [5.41, 5.74) is 6.25. The van der Waals surface area contributed by atoms with Gasteiger partial charge in [-0.2, -0.15) is 0 Å². The van der Waals surface area contributed by atoms with Crippen LogP contribution in [-0.4, -0.2) is 17.3 Å². The van der Waals surface area contributed by atoms with Gasteiger partial charge in [0.1, 0.15) is 0 Å². The Kier molecular flexibility index (Phi) is 3.14. The maximum atomic E-state index is 10.1. The first-order valence-electron chi connectivity index (χ1n) is 5.31. The van der Waals surface area contributed by atoms with Gasteiger partial charge >= 0.3 is 0 Å².